The Morgan fingerprint density at radius 2 is 2.05 bits per heavy atom. The third-order valence-corrected chi connectivity index (χ3v) is 4.19. The fourth-order valence-corrected chi connectivity index (χ4v) is 2.58. The van der Waals surface area contributed by atoms with Gasteiger partial charge in [0.2, 0.25) is 0 Å². The molecule has 1 aliphatic heterocycles. The number of hydrogen-bond donors (Lipinski definition) is 1. The molecule has 1 saturated heterocycles. The van der Waals surface area contributed by atoms with Crippen molar-refractivity contribution in [3.8, 4) is 11.4 Å². The molecule has 2 aromatic rings. The van der Waals surface area contributed by atoms with Gasteiger partial charge < -0.3 is 10.5 Å². The van der Waals surface area contributed by atoms with Gasteiger partial charge in [0.05, 0.1) is 5.54 Å². The molecule has 2 heterocycles. The number of tetrazole rings is 1. The van der Waals surface area contributed by atoms with Crippen molar-refractivity contribution in [1.29, 1.82) is 0 Å². The zero-order chi connectivity index (χ0) is 15.0. The summed E-state index contributed by atoms with van der Waals surface area (Å²) in [6, 6.07) is 3.14. The van der Waals surface area contributed by atoms with Crippen molar-refractivity contribution in [3.05, 3.63) is 23.5 Å². The van der Waals surface area contributed by atoms with Gasteiger partial charge in [0.1, 0.15) is 5.82 Å². The van der Waals surface area contributed by atoms with Crippen LogP contribution >= 0.6 is 0 Å². The lowest BCUT2D eigenvalue weighted by atomic mass is 9.92. The van der Waals surface area contributed by atoms with Crippen molar-refractivity contribution in [3.63, 3.8) is 0 Å². The van der Waals surface area contributed by atoms with E-state index in [1.165, 1.54) is 6.07 Å². The van der Waals surface area contributed by atoms with E-state index in [0.717, 1.165) is 12.8 Å². The number of hydrogen-bond acceptors (Lipinski definition) is 5. The number of halogens is 1. The molecule has 0 saturated carbocycles. The number of nitrogen functional groups attached to an aromatic ring is 1. The average Bonchev–Trinajstić information content (AvgIpc) is 2.95. The van der Waals surface area contributed by atoms with Gasteiger partial charge in [0.15, 0.2) is 5.82 Å². The van der Waals surface area contributed by atoms with E-state index in [0.29, 0.717) is 35.9 Å². The number of nitrogens with zero attached hydrogens (tertiary/aromatic N) is 4. The first-order valence-electron chi connectivity index (χ1n) is 6.94. The first kappa shape index (κ1) is 13.9. The summed E-state index contributed by atoms with van der Waals surface area (Å²) in [5, 5.41) is 11.9. The predicted molar refractivity (Wildman–Crippen MR) is 76.1 cm³/mol. The zero-order valence-electron chi connectivity index (χ0n) is 12.1. The SMILES string of the molecule is Cc1c(N)cc(-c2nnnn2C2(C)CCOCC2)cc1F. The number of anilines is 1. The summed E-state index contributed by atoms with van der Waals surface area (Å²) >= 11 is 0. The highest BCUT2D eigenvalue weighted by molar-refractivity contribution is 5.64. The van der Waals surface area contributed by atoms with E-state index in [2.05, 4.69) is 22.4 Å². The molecule has 2 N–H and O–H groups in total. The summed E-state index contributed by atoms with van der Waals surface area (Å²) in [5.41, 5.74) is 7.05. The fraction of sp³-hybridized carbons (Fsp3) is 0.500. The van der Waals surface area contributed by atoms with Gasteiger partial charge in [-0.25, -0.2) is 9.07 Å². The summed E-state index contributed by atoms with van der Waals surface area (Å²) in [6.45, 7) is 5.07. The molecule has 1 aromatic heterocycles. The summed E-state index contributed by atoms with van der Waals surface area (Å²) in [6.07, 6.45) is 1.63. The average molecular weight is 291 g/mol. The number of nitrogens with two attached hydrogens (primary N) is 1. The van der Waals surface area contributed by atoms with E-state index in [-0.39, 0.29) is 11.4 Å². The second kappa shape index (κ2) is 5.07. The van der Waals surface area contributed by atoms with Crippen LogP contribution in [0.15, 0.2) is 12.1 Å². The maximum absolute atomic E-state index is 13.9. The lowest BCUT2D eigenvalue weighted by molar-refractivity contribution is 0.0240. The zero-order valence-corrected chi connectivity index (χ0v) is 12.1. The van der Waals surface area contributed by atoms with Crippen LogP contribution in [-0.4, -0.2) is 33.4 Å². The maximum Gasteiger partial charge on any atom is 0.182 e. The van der Waals surface area contributed by atoms with Crippen LogP contribution in [0.5, 0.6) is 0 Å². The Balaban J connectivity index is 2.07. The highest BCUT2D eigenvalue weighted by Gasteiger charge is 2.33. The third-order valence-electron chi connectivity index (χ3n) is 4.19. The molecule has 0 aliphatic carbocycles. The van der Waals surface area contributed by atoms with E-state index in [9.17, 15) is 4.39 Å². The lowest BCUT2D eigenvalue weighted by Gasteiger charge is -2.33. The monoisotopic (exact) mass is 291 g/mol. The Labute approximate surface area is 122 Å². The molecule has 0 spiro atoms. The van der Waals surface area contributed by atoms with Gasteiger partial charge in [-0.1, -0.05) is 0 Å². The van der Waals surface area contributed by atoms with Crippen molar-refractivity contribution in [1.82, 2.24) is 20.2 Å². The molecule has 3 rings (SSSR count). The van der Waals surface area contributed by atoms with E-state index in [4.69, 9.17) is 10.5 Å². The van der Waals surface area contributed by atoms with Crippen LogP contribution in [0.4, 0.5) is 10.1 Å². The minimum atomic E-state index is -0.350. The van der Waals surface area contributed by atoms with Gasteiger partial charge in [-0.3, -0.25) is 0 Å². The van der Waals surface area contributed by atoms with Gasteiger partial charge in [0.25, 0.3) is 0 Å². The van der Waals surface area contributed by atoms with Crippen LogP contribution < -0.4 is 5.73 Å². The molecule has 0 unspecified atom stereocenters. The normalized spacial score (nSPS) is 17.9. The van der Waals surface area contributed by atoms with E-state index in [1.54, 1.807) is 17.7 Å². The second-order valence-corrected chi connectivity index (χ2v) is 5.70. The van der Waals surface area contributed by atoms with Gasteiger partial charge in [0, 0.05) is 30.0 Å². The molecular formula is C14H18FN5O. The molecule has 1 aliphatic rings. The molecule has 21 heavy (non-hydrogen) atoms. The molecule has 7 heteroatoms. The number of rotatable bonds is 2. The largest absolute Gasteiger partial charge is 0.398 e. The van der Waals surface area contributed by atoms with Gasteiger partial charge in [-0.15, -0.1) is 5.10 Å². The van der Waals surface area contributed by atoms with Crippen LogP contribution in [0.25, 0.3) is 11.4 Å². The molecule has 0 atom stereocenters. The molecule has 112 valence electrons. The summed E-state index contributed by atoms with van der Waals surface area (Å²) in [7, 11) is 0. The highest BCUT2D eigenvalue weighted by Crippen LogP contribution is 2.32. The number of benzene rings is 1. The minimum absolute atomic E-state index is 0.229. The van der Waals surface area contributed by atoms with Gasteiger partial charge >= 0.3 is 0 Å². The topological polar surface area (TPSA) is 78.9 Å². The Bertz CT molecular complexity index is 640. The van der Waals surface area contributed by atoms with Gasteiger partial charge in [-0.2, -0.15) is 0 Å². The third kappa shape index (κ3) is 2.37. The van der Waals surface area contributed by atoms with Crippen LogP contribution in [0.1, 0.15) is 25.3 Å². The van der Waals surface area contributed by atoms with E-state index >= 15 is 0 Å². The van der Waals surface area contributed by atoms with Crippen LogP contribution in [0, 0.1) is 12.7 Å². The highest BCUT2D eigenvalue weighted by atomic mass is 19.1. The van der Waals surface area contributed by atoms with Crippen molar-refractivity contribution >= 4 is 5.69 Å². The van der Waals surface area contributed by atoms with Crippen molar-refractivity contribution in [2.24, 2.45) is 0 Å². The summed E-state index contributed by atoms with van der Waals surface area (Å²) in [5.74, 6) is 0.182. The number of ether oxygens (including phenoxy) is 1. The Hall–Kier alpha value is -2.02. The molecule has 0 bridgehead atoms. The predicted octanol–water partition coefficient (Wildman–Crippen LogP) is 1.90. The molecule has 6 nitrogen and oxygen atoms in total. The quantitative estimate of drug-likeness (QED) is 0.855. The van der Waals surface area contributed by atoms with Crippen LogP contribution in [0.3, 0.4) is 0 Å². The van der Waals surface area contributed by atoms with Crippen molar-refractivity contribution < 1.29 is 9.13 Å². The second-order valence-electron chi connectivity index (χ2n) is 5.70. The molecule has 1 aromatic carbocycles. The summed E-state index contributed by atoms with van der Waals surface area (Å²) < 4.78 is 21.1. The maximum atomic E-state index is 13.9. The molecule has 0 amide bonds. The lowest BCUT2D eigenvalue weighted by Crippen LogP contribution is -2.38. The van der Waals surface area contributed by atoms with Crippen molar-refractivity contribution in [2.75, 3.05) is 18.9 Å². The first-order valence-corrected chi connectivity index (χ1v) is 6.94. The van der Waals surface area contributed by atoms with E-state index < -0.39 is 0 Å². The van der Waals surface area contributed by atoms with Crippen molar-refractivity contribution in [2.45, 2.75) is 32.2 Å². The molecule has 0 radical (unpaired) electrons. The standard InChI is InChI=1S/C14H18FN5O/c1-9-11(15)7-10(8-12(9)16)13-17-18-19-20(13)14(2)3-5-21-6-4-14/h7-8H,3-6,16H2,1-2H3. The molecular weight excluding hydrogens is 273 g/mol. The van der Waals surface area contributed by atoms with Crippen LogP contribution in [-0.2, 0) is 10.3 Å². The smallest absolute Gasteiger partial charge is 0.182 e. The summed E-state index contributed by atoms with van der Waals surface area (Å²) in [4.78, 5) is 0. The Morgan fingerprint density at radius 1 is 1.33 bits per heavy atom. The molecule has 1 fully saturated rings. The van der Waals surface area contributed by atoms with Crippen LogP contribution in [0.2, 0.25) is 0 Å². The van der Waals surface area contributed by atoms with Gasteiger partial charge in [-0.05, 0) is 49.2 Å². The first-order chi connectivity index (χ1) is 10.0. The fourth-order valence-electron chi connectivity index (χ4n) is 2.58. The number of aromatic nitrogens is 4. The van der Waals surface area contributed by atoms with E-state index in [1.807, 2.05) is 0 Å². The Morgan fingerprint density at radius 3 is 2.71 bits per heavy atom. The minimum Gasteiger partial charge on any atom is -0.398 e. The Kier molecular flexibility index (Phi) is 3.36.